The second-order valence-electron chi connectivity index (χ2n) is 2.36. The van der Waals surface area contributed by atoms with Crippen LogP contribution in [0.15, 0.2) is 0 Å². The van der Waals surface area contributed by atoms with Gasteiger partial charge in [0.2, 0.25) is 0 Å². The first kappa shape index (κ1) is 9.27. The van der Waals surface area contributed by atoms with Gasteiger partial charge in [-0.3, -0.25) is 4.90 Å². The maximum atomic E-state index is 8.85. The minimum Gasteiger partial charge on any atom is -0.393 e. The lowest BCUT2D eigenvalue weighted by Crippen LogP contribution is -2.20. The number of aliphatic hydroxyl groups is 1. The summed E-state index contributed by atoms with van der Waals surface area (Å²) in [6.07, 6.45) is 0.643. The van der Waals surface area contributed by atoms with Crippen LogP contribution in [0.3, 0.4) is 0 Å². The topological polar surface area (TPSA) is 23.5 Å². The molecule has 3 heteroatoms. The summed E-state index contributed by atoms with van der Waals surface area (Å²) in [6.45, 7) is 2.72. The largest absolute Gasteiger partial charge is 0.393 e. The predicted octanol–water partition coefficient (Wildman–Crippen LogP) is 0.576. The molecule has 2 nitrogen and oxygen atoms in total. The highest BCUT2D eigenvalue weighted by Gasteiger charge is 1.97. The van der Waals surface area contributed by atoms with Gasteiger partial charge in [-0.1, -0.05) is 0 Å². The molecule has 0 fully saturated rings. The molecule has 0 aliphatic heterocycles. The first-order valence-electron chi connectivity index (χ1n) is 3.14. The van der Waals surface area contributed by atoms with Crippen molar-refractivity contribution in [3.63, 3.8) is 0 Å². The van der Waals surface area contributed by atoms with Crippen molar-refractivity contribution in [2.45, 2.75) is 19.4 Å². The molecule has 0 aromatic heterocycles. The molecule has 0 aromatic carbocycles. The van der Waals surface area contributed by atoms with Crippen molar-refractivity contribution in [3.8, 4) is 0 Å². The second-order valence-corrected chi connectivity index (χ2v) is 2.64. The Kier molecular flexibility index (Phi) is 5.24. The Morgan fingerprint density at radius 3 is 2.56 bits per heavy atom. The van der Waals surface area contributed by atoms with Gasteiger partial charge in [-0.25, -0.2) is 0 Å². The normalized spacial score (nSPS) is 14.3. The number of hydrogen-bond donors (Lipinski definition) is 2. The molecule has 0 aromatic rings. The van der Waals surface area contributed by atoms with E-state index in [-0.39, 0.29) is 6.10 Å². The minimum atomic E-state index is -0.188. The molecule has 0 amide bonds. The number of thiol groups is 1. The summed E-state index contributed by atoms with van der Waals surface area (Å²) in [7, 11) is 1.98. The van der Waals surface area contributed by atoms with Crippen molar-refractivity contribution < 1.29 is 5.11 Å². The molecular formula is C6H15NOS. The Balaban J connectivity index is 3.06. The smallest absolute Gasteiger partial charge is 0.0524 e. The molecule has 1 unspecified atom stereocenters. The van der Waals surface area contributed by atoms with E-state index < -0.39 is 0 Å². The van der Waals surface area contributed by atoms with Crippen LogP contribution in [-0.2, 0) is 0 Å². The molecule has 56 valence electrons. The van der Waals surface area contributed by atoms with Gasteiger partial charge in [0.25, 0.3) is 0 Å². The molecule has 0 aliphatic rings. The lowest BCUT2D eigenvalue weighted by atomic mass is 10.3. The second kappa shape index (κ2) is 5.09. The Hall–Kier alpha value is 0.270. The molecule has 0 aliphatic carbocycles. The molecule has 9 heavy (non-hydrogen) atoms. The summed E-state index contributed by atoms with van der Waals surface area (Å²) in [5, 5.41) is 8.85. The van der Waals surface area contributed by atoms with Crippen LogP contribution in [0.5, 0.6) is 0 Å². The van der Waals surface area contributed by atoms with Crippen LogP contribution in [0.1, 0.15) is 13.3 Å². The highest BCUT2D eigenvalue weighted by Crippen LogP contribution is 1.93. The van der Waals surface area contributed by atoms with Gasteiger partial charge < -0.3 is 5.11 Å². The maximum Gasteiger partial charge on any atom is 0.0524 e. The van der Waals surface area contributed by atoms with Gasteiger partial charge in [0.1, 0.15) is 0 Å². The molecule has 0 heterocycles. The van der Waals surface area contributed by atoms with Crippen LogP contribution in [0.25, 0.3) is 0 Å². The summed E-state index contributed by atoms with van der Waals surface area (Å²) in [6, 6.07) is 0. The minimum absolute atomic E-state index is 0.188. The van der Waals surface area contributed by atoms with E-state index in [4.69, 9.17) is 5.11 Å². The standard InChI is InChI=1S/C6H15NOS/c1-6(8)3-4-7(2)5-9/h6,8-9H,3-5H2,1-2H3. The van der Waals surface area contributed by atoms with Crippen molar-refractivity contribution >= 4 is 12.6 Å². The Morgan fingerprint density at radius 1 is 1.67 bits per heavy atom. The molecule has 0 spiro atoms. The zero-order valence-corrected chi connectivity index (χ0v) is 6.93. The molecule has 0 bridgehead atoms. The molecular weight excluding hydrogens is 134 g/mol. The summed E-state index contributed by atoms with van der Waals surface area (Å²) in [5.41, 5.74) is 0. The highest BCUT2D eigenvalue weighted by atomic mass is 32.1. The van der Waals surface area contributed by atoms with Crippen molar-refractivity contribution in [2.24, 2.45) is 0 Å². The van der Waals surface area contributed by atoms with E-state index in [0.29, 0.717) is 0 Å². The molecule has 0 saturated heterocycles. The fourth-order valence-corrected chi connectivity index (χ4v) is 0.619. The van der Waals surface area contributed by atoms with E-state index in [1.807, 2.05) is 7.05 Å². The maximum absolute atomic E-state index is 8.85. The van der Waals surface area contributed by atoms with E-state index in [9.17, 15) is 0 Å². The molecule has 0 saturated carbocycles. The van der Waals surface area contributed by atoms with Gasteiger partial charge in [0, 0.05) is 12.4 Å². The molecule has 1 N–H and O–H groups in total. The lowest BCUT2D eigenvalue weighted by molar-refractivity contribution is 0.169. The highest BCUT2D eigenvalue weighted by molar-refractivity contribution is 7.80. The van der Waals surface area contributed by atoms with Crippen LogP contribution in [0, 0.1) is 0 Å². The van der Waals surface area contributed by atoms with Gasteiger partial charge >= 0.3 is 0 Å². The fraction of sp³-hybridized carbons (Fsp3) is 1.00. The Labute approximate surface area is 62.3 Å². The number of rotatable bonds is 4. The van der Waals surface area contributed by atoms with Crippen molar-refractivity contribution in [2.75, 3.05) is 19.5 Å². The van der Waals surface area contributed by atoms with Crippen LogP contribution < -0.4 is 0 Å². The molecule has 0 rings (SSSR count). The first-order chi connectivity index (χ1) is 4.16. The average molecular weight is 149 g/mol. The van der Waals surface area contributed by atoms with Gasteiger partial charge in [0.15, 0.2) is 0 Å². The zero-order chi connectivity index (χ0) is 7.28. The molecule has 1 atom stereocenters. The summed E-state index contributed by atoms with van der Waals surface area (Å²) >= 11 is 4.06. The van der Waals surface area contributed by atoms with E-state index in [1.165, 1.54) is 0 Å². The molecule has 0 radical (unpaired) electrons. The van der Waals surface area contributed by atoms with E-state index >= 15 is 0 Å². The van der Waals surface area contributed by atoms with Crippen LogP contribution in [0.4, 0.5) is 0 Å². The van der Waals surface area contributed by atoms with Crippen LogP contribution in [-0.4, -0.2) is 35.6 Å². The lowest BCUT2D eigenvalue weighted by Gasteiger charge is -2.13. The summed E-state index contributed by atoms with van der Waals surface area (Å²) in [4.78, 5) is 2.05. The van der Waals surface area contributed by atoms with Gasteiger partial charge in [0.05, 0.1) is 6.10 Å². The van der Waals surface area contributed by atoms with Crippen molar-refractivity contribution in [3.05, 3.63) is 0 Å². The van der Waals surface area contributed by atoms with E-state index in [1.54, 1.807) is 6.92 Å². The first-order valence-corrected chi connectivity index (χ1v) is 3.77. The monoisotopic (exact) mass is 149 g/mol. The summed E-state index contributed by atoms with van der Waals surface area (Å²) in [5.74, 6) is 0.757. The number of hydrogen-bond acceptors (Lipinski definition) is 3. The third-order valence-electron chi connectivity index (χ3n) is 1.17. The van der Waals surface area contributed by atoms with Gasteiger partial charge in [-0.05, 0) is 20.4 Å². The van der Waals surface area contributed by atoms with Crippen LogP contribution in [0.2, 0.25) is 0 Å². The van der Waals surface area contributed by atoms with Crippen LogP contribution >= 0.6 is 12.6 Å². The van der Waals surface area contributed by atoms with Crippen molar-refractivity contribution in [1.29, 1.82) is 0 Å². The average Bonchev–Trinajstić information content (AvgIpc) is 1.83. The number of aliphatic hydroxyl groups excluding tert-OH is 1. The quantitative estimate of drug-likeness (QED) is 0.451. The number of nitrogens with zero attached hydrogens (tertiary/aromatic N) is 1. The Bertz CT molecular complexity index is 68.1. The van der Waals surface area contributed by atoms with E-state index in [2.05, 4.69) is 17.5 Å². The zero-order valence-electron chi connectivity index (χ0n) is 6.04. The summed E-state index contributed by atoms with van der Waals surface area (Å²) < 4.78 is 0. The third kappa shape index (κ3) is 6.15. The Morgan fingerprint density at radius 2 is 2.22 bits per heavy atom. The fourth-order valence-electron chi connectivity index (χ4n) is 0.478. The third-order valence-corrected chi connectivity index (χ3v) is 1.65. The van der Waals surface area contributed by atoms with Gasteiger partial charge in [-0.2, -0.15) is 12.6 Å². The van der Waals surface area contributed by atoms with E-state index in [0.717, 1.165) is 18.8 Å². The van der Waals surface area contributed by atoms with Crippen molar-refractivity contribution in [1.82, 2.24) is 4.90 Å². The van der Waals surface area contributed by atoms with Gasteiger partial charge in [-0.15, -0.1) is 0 Å². The predicted molar refractivity (Wildman–Crippen MR) is 42.8 cm³/mol. The SMILES string of the molecule is CC(O)CCN(C)CS.